The summed E-state index contributed by atoms with van der Waals surface area (Å²) in [7, 11) is -3.92. The highest BCUT2D eigenvalue weighted by Crippen LogP contribution is 2.29. The summed E-state index contributed by atoms with van der Waals surface area (Å²) in [6, 6.07) is 11.3. The lowest BCUT2D eigenvalue weighted by molar-refractivity contribution is -0.134. The Labute approximate surface area is 174 Å². The van der Waals surface area contributed by atoms with Crippen molar-refractivity contribution < 1.29 is 31.7 Å². The summed E-state index contributed by atoms with van der Waals surface area (Å²) in [6.45, 7) is 2.37. The van der Waals surface area contributed by atoms with Crippen LogP contribution in [0.2, 0.25) is 5.02 Å². The predicted octanol–water partition coefficient (Wildman–Crippen LogP) is 3.75. The monoisotopic (exact) mass is 438 g/mol. The van der Waals surface area contributed by atoms with Gasteiger partial charge in [-0.15, -0.1) is 0 Å². The second-order valence-electron chi connectivity index (χ2n) is 5.89. The molecule has 0 saturated carbocycles. The van der Waals surface area contributed by atoms with E-state index in [0.717, 1.165) is 11.0 Å². The van der Waals surface area contributed by atoms with Crippen molar-refractivity contribution in [3.63, 3.8) is 0 Å². The van der Waals surface area contributed by atoms with Gasteiger partial charge in [-0.1, -0.05) is 29.8 Å². The molecule has 0 amide bonds. The van der Waals surface area contributed by atoms with Crippen molar-refractivity contribution in [3.05, 3.63) is 64.0 Å². The molecule has 0 bridgehead atoms. The van der Waals surface area contributed by atoms with Gasteiger partial charge >= 0.3 is 11.9 Å². The van der Waals surface area contributed by atoms with Gasteiger partial charge in [-0.05, 0) is 47.9 Å². The molecule has 0 aromatic heterocycles. The molecule has 0 N–H and O–H groups in total. The van der Waals surface area contributed by atoms with E-state index >= 15 is 0 Å². The maximum atomic E-state index is 12.0. The van der Waals surface area contributed by atoms with Gasteiger partial charge in [0.05, 0.1) is 12.0 Å². The molecule has 29 heavy (non-hydrogen) atoms. The Morgan fingerprint density at radius 1 is 0.966 bits per heavy atom. The van der Waals surface area contributed by atoms with Crippen LogP contribution in [0.5, 0.6) is 11.5 Å². The van der Waals surface area contributed by atoms with Crippen LogP contribution in [0.4, 0.5) is 0 Å². The summed E-state index contributed by atoms with van der Waals surface area (Å²) in [5, 5.41) is 1.49. The first-order valence-corrected chi connectivity index (χ1v) is 10.3. The molecule has 0 aliphatic heterocycles. The van der Waals surface area contributed by atoms with Crippen LogP contribution in [-0.2, 0) is 30.3 Å². The van der Waals surface area contributed by atoms with E-state index in [9.17, 15) is 18.0 Å². The first-order valence-electron chi connectivity index (χ1n) is 8.47. The molecule has 0 heterocycles. The Morgan fingerprint density at radius 3 is 2.21 bits per heavy atom. The van der Waals surface area contributed by atoms with Gasteiger partial charge in [-0.3, -0.25) is 13.8 Å². The molecule has 0 unspecified atom stereocenters. The van der Waals surface area contributed by atoms with E-state index in [1.54, 1.807) is 24.3 Å². The number of rotatable bonds is 8. The van der Waals surface area contributed by atoms with E-state index < -0.39 is 22.1 Å². The highest BCUT2D eigenvalue weighted by molar-refractivity contribution is 7.89. The van der Waals surface area contributed by atoms with Crippen molar-refractivity contribution in [1.82, 2.24) is 0 Å². The maximum absolute atomic E-state index is 12.0. The molecular formula is C20H19ClO7S. The Hall–Kier alpha value is -2.68. The topological polar surface area (TPSA) is 96.0 Å². The van der Waals surface area contributed by atoms with Crippen LogP contribution in [0, 0.1) is 0 Å². The Balaban J connectivity index is 2.05. The predicted molar refractivity (Wildman–Crippen MR) is 108 cm³/mol. The van der Waals surface area contributed by atoms with Crippen LogP contribution >= 0.6 is 11.6 Å². The van der Waals surface area contributed by atoms with Crippen LogP contribution in [-0.4, -0.2) is 27.0 Å². The third-order valence-electron chi connectivity index (χ3n) is 3.45. The molecule has 154 valence electrons. The van der Waals surface area contributed by atoms with Gasteiger partial charge in [0.1, 0.15) is 0 Å². The average Bonchev–Trinajstić information content (AvgIpc) is 2.63. The minimum atomic E-state index is -3.92. The van der Waals surface area contributed by atoms with Gasteiger partial charge in [0.15, 0.2) is 11.5 Å². The second kappa shape index (κ2) is 10.2. The number of carbonyl (C=O) groups excluding carboxylic acids is 2. The van der Waals surface area contributed by atoms with Crippen molar-refractivity contribution in [2.45, 2.75) is 20.3 Å². The second-order valence-corrected chi connectivity index (χ2v) is 7.82. The molecule has 0 radical (unpaired) electrons. The summed E-state index contributed by atoms with van der Waals surface area (Å²) in [4.78, 5) is 22.4. The third-order valence-corrected chi connectivity index (χ3v) is 4.67. The highest BCUT2D eigenvalue weighted by Gasteiger charge is 2.11. The highest BCUT2D eigenvalue weighted by atomic mass is 35.5. The van der Waals surface area contributed by atoms with Gasteiger partial charge in [0.2, 0.25) is 0 Å². The maximum Gasteiger partial charge on any atom is 0.308 e. The normalized spacial score (nSPS) is 11.4. The zero-order valence-electron chi connectivity index (χ0n) is 15.8. The molecule has 0 fully saturated rings. The SMILES string of the molecule is CC(=O)Oc1ccc(/C=C/S(=O)(=O)OCCc2ccc(Cl)cc2)cc1OC(C)=O. The fourth-order valence-corrected chi connectivity index (χ4v) is 3.07. The molecule has 9 heteroatoms. The average molecular weight is 439 g/mol. The first-order chi connectivity index (χ1) is 13.6. The van der Waals surface area contributed by atoms with E-state index in [1.165, 1.54) is 38.1 Å². The largest absolute Gasteiger partial charge is 0.423 e. The molecule has 7 nitrogen and oxygen atoms in total. The van der Waals surface area contributed by atoms with Crippen LogP contribution in [0.15, 0.2) is 47.9 Å². The molecule has 2 rings (SSSR count). The zero-order chi connectivity index (χ0) is 21.4. The molecule has 0 saturated heterocycles. The number of benzene rings is 2. The summed E-state index contributed by atoms with van der Waals surface area (Å²) < 4.78 is 39.0. The minimum absolute atomic E-state index is 0.00379. The molecule has 0 aliphatic rings. The number of carbonyl (C=O) groups is 2. The number of hydrogen-bond donors (Lipinski definition) is 0. The van der Waals surface area contributed by atoms with E-state index in [0.29, 0.717) is 17.0 Å². The molecule has 0 aliphatic carbocycles. The quantitative estimate of drug-likeness (QED) is 0.351. The van der Waals surface area contributed by atoms with Gasteiger partial charge in [0, 0.05) is 18.9 Å². The fourth-order valence-electron chi connectivity index (χ4n) is 2.23. The summed E-state index contributed by atoms with van der Waals surface area (Å²) in [5.41, 5.74) is 1.29. The molecule has 2 aromatic rings. The van der Waals surface area contributed by atoms with Crippen LogP contribution < -0.4 is 9.47 Å². The van der Waals surface area contributed by atoms with Gasteiger partial charge in [-0.2, -0.15) is 8.42 Å². The molecular weight excluding hydrogens is 420 g/mol. The first kappa shape index (κ1) is 22.6. The minimum Gasteiger partial charge on any atom is -0.423 e. The summed E-state index contributed by atoms with van der Waals surface area (Å²) in [5.74, 6) is -1.15. The fraction of sp³-hybridized carbons (Fsp3) is 0.200. The van der Waals surface area contributed by atoms with E-state index in [2.05, 4.69) is 0 Å². The van der Waals surface area contributed by atoms with Gasteiger partial charge in [0.25, 0.3) is 10.1 Å². The van der Waals surface area contributed by atoms with Crippen LogP contribution in [0.3, 0.4) is 0 Å². The van der Waals surface area contributed by atoms with Crippen molar-refractivity contribution in [1.29, 1.82) is 0 Å². The van der Waals surface area contributed by atoms with Gasteiger partial charge in [-0.25, -0.2) is 0 Å². The molecule has 0 spiro atoms. The lowest BCUT2D eigenvalue weighted by Crippen LogP contribution is -2.07. The Bertz CT molecular complexity index is 1010. The standard InChI is InChI=1S/C20H19ClO7S/c1-14(22)27-19-8-5-17(13-20(19)28-15(2)23)10-12-29(24,25)26-11-9-16-3-6-18(21)7-4-16/h3-8,10,12-13H,9,11H2,1-2H3/b12-10+. The van der Waals surface area contributed by atoms with Crippen molar-refractivity contribution >= 4 is 39.7 Å². The summed E-state index contributed by atoms with van der Waals surface area (Å²) >= 11 is 5.80. The van der Waals surface area contributed by atoms with E-state index in [1.807, 2.05) is 0 Å². The van der Waals surface area contributed by atoms with Gasteiger partial charge < -0.3 is 9.47 Å². The lowest BCUT2D eigenvalue weighted by atomic mass is 10.2. The molecule has 0 atom stereocenters. The summed E-state index contributed by atoms with van der Waals surface area (Å²) in [6.07, 6.45) is 1.68. The Morgan fingerprint density at radius 2 is 1.59 bits per heavy atom. The smallest absolute Gasteiger partial charge is 0.308 e. The van der Waals surface area contributed by atoms with Crippen molar-refractivity contribution in [3.8, 4) is 11.5 Å². The number of esters is 2. The van der Waals surface area contributed by atoms with Crippen LogP contribution in [0.25, 0.3) is 6.08 Å². The van der Waals surface area contributed by atoms with E-state index in [4.69, 9.17) is 25.3 Å². The molecule has 2 aromatic carbocycles. The lowest BCUT2D eigenvalue weighted by Gasteiger charge is -2.09. The third kappa shape index (κ3) is 8.06. The van der Waals surface area contributed by atoms with Crippen LogP contribution in [0.1, 0.15) is 25.0 Å². The Kier molecular flexibility index (Phi) is 7.95. The van der Waals surface area contributed by atoms with E-state index in [-0.39, 0.29) is 18.1 Å². The number of hydrogen-bond acceptors (Lipinski definition) is 7. The number of halogens is 1. The van der Waals surface area contributed by atoms with Crippen molar-refractivity contribution in [2.75, 3.05) is 6.61 Å². The van der Waals surface area contributed by atoms with Crippen molar-refractivity contribution in [2.24, 2.45) is 0 Å². The number of ether oxygens (including phenoxy) is 2. The zero-order valence-corrected chi connectivity index (χ0v) is 17.3.